The predicted octanol–water partition coefficient (Wildman–Crippen LogP) is 2.51. The Morgan fingerprint density at radius 1 is 1.50 bits per heavy atom. The maximum absolute atomic E-state index is 12.0. The molecular formula is C14H20Cl2N2O2. The van der Waals surface area contributed by atoms with Crippen LogP contribution >= 0.6 is 24.0 Å². The number of hydrogen-bond acceptors (Lipinski definition) is 3. The van der Waals surface area contributed by atoms with E-state index in [2.05, 4.69) is 5.32 Å². The molecule has 2 rings (SSSR count). The van der Waals surface area contributed by atoms with E-state index in [1.54, 1.807) is 13.2 Å². The zero-order chi connectivity index (χ0) is 13.8. The molecule has 6 heteroatoms. The molecule has 20 heavy (non-hydrogen) atoms. The summed E-state index contributed by atoms with van der Waals surface area (Å²) in [6.45, 7) is 0.382. The molecule has 1 aliphatic rings. The van der Waals surface area contributed by atoms with E-state index in [1.807, 2.05) is 12.1 Å². The number of hydrogen-bond donors (Lipinski definition) is 2. The highest BCUT2D eigenvalue weighted by molar-refractivity contribution is 6.31. The van der Waals surface area contributed by atoms with Crippen LogP contribution in [0.4, 0.5) is 0 Å². The minimum absolute atomic E-state index is 0. The van der Waals surface area contributed by atoms with Crippen molar-refractivity contribution < 1.29 is 9.53 Å². The molecule has 0 radical (unpaired) electrons. The highest BCUT2D eigenvalue weighted by atomic mass is 35.5. The molecule has 0 saturated heterocycles. The first-order valence-electron chi connectivity index (χ1n) is 6.46. The second kappa shape index (κ2) is 7.72. The fourth-order valence-electron chi connectivity index (χ4n) is 2.48. The van der Waals surface area contributed by atoms with Crippen LogP contribution in [0.5, 0.6) is 5.75 Å². The summed E-state index contributed by atoms with van der Waals surface area (Å²) in [5.74, 6) is 0.773. The monoisotopic (exact) mass is 318 g/mol. The summed E-state index contributed by atoms with van der Waals surface area (Å²) in [6, 6.07) is 5.60. The number of halogens is 2. The molecule has 0 heterocycles. The predicted molar refractivity (Wildman–Crippen MR) is 82.4 cm³/mol. The molecule has 0 aliphatic heterocycles. The number of nitrogens with one attached hydrogen (secondary N) is 1. The van der Waals surface area contributed by atoms with E-state index in [-0.39, 0.29) is 30.3 Å². The molecule has 3 N–H and O–H groups in total. The Hall–Kier alpha value is -0.970. The van der Waals surface area contributed by atoms with Crippen molar-refractivity contribution in [2.45, 2.75) is 31.8 Å². The van der Waals surface area contributed by atoms with Gasteiger partial charge in [-0.3, -0.25) is 4.79 Å². The number of rotatable bonds is 4. The van der Waals surface area contributed by atoms with E-state index in [9.17, 15) is 4.79 Å². The molecular weight excluding hydrogens is 299 g/mol. The van der Waals surface area contributed by atoms with Gasteiger partial charge in [0.25, 0.3) is 0 Å². The van der Waals surface area contributed by atoms with E-state index in [0.29, 0.717) is 17.3 Å². The summed E-state index contributed by atoms with van der Waals surface area (Å²) in [5, 5.41) is 3.52. The van der Waals surface area contributed by atoms with Crippen molar-refractivity contribution in [1.82, 2.24) is 5.32 Å². The van der Waals surface area contributed by atoms with Gasteiger partial charge < -0.3 is 15.8 Å². The highest BCUT2D eigenvalue weighted by Crippen LogP contribution is 2.27. The summed E-state index contributed by atoms with van der Waals surface area (Å²) in [5.41, 5.74) is 6.63. The van der Waals surface area contributed by atoms with Gasteiger partial charge in [-0.15, -0.1) is 12.4 Å². The Morgan fingerprint density at radius 3 is 2.85 bits per heavy atom. The molecule has 0 bridgehead atoms. The van der Waals surface area contributed by atoms with Gasteiger partial charge in [-0.05, 0) is 31.4 Å². The fourth-order valence-corrected chi connectivity index (χ4v) is 2.71. The third-order valence-electron chi connectivity index (χ3n) is 3.58. The lowest BCUT2D eigenvalue weighted by Crippen LogP contribution is -2.30. The number of nitrogens with two attached hydrogens (primary N) is 1. The van der Waals surface area contributed by atoms with Crippen LogP contribution in [0.2, 0.25) is 5.02 Å². The number of ether oxygens (including phenoxy) is 1. The van der Waals surface area contributed by atoms with Gasteiger partial charge in [0.2, 0.25) is 5.91 Å². The number of benzene rings is 1. The zero-order valence-corrected chi connectivity index (χ0v) is 13.0. The van der Waals surface area contributed by atoms with Gasteiger partial charge >= 0.3 is 0 Å². The minimum atomic E-state index is 0. The van der Waals surface area contributed by atoms with Gasteiger partial charge in [0, 0.05) is 29.1 Å². The lowest BCUT2D eigenvalue weighted by Gasteiger charge is -2.14. The minimum Gasteiger partial charge on any atom is -0.496 e. The highest BCUT2D eigenvalue weighted by Gasteiger charge is 2.27. The van der Waals surface area contributed by atoms with Crippen LogP contribution in [0.15, 0.2) is 18.2 Å². The van der Waals surface area contributed by atoms with Crippen LogP contribution in [0.25, 0.3) is 0 Å². The molecule has 1 saturated carbocycles. The second-order valence-corrected chi connectivity index (χ2v) is 5.32. The summed E-state index contributed by atoms with van der Waals surface area (Å²) in [4.78, 5) is 12.0. The lowest BCUT2D eigenvalue weighted by atomic mass is 10.1. The average Bonchev–Trinajstić information content (AvgIpc) is 2.83. The number of amides is 1. The van der Waals surface area contributed by atoms with E-state index in [4.69, 9.17) is 22.1 Å². The van der Waals surface area contributed by atoms with Crippen LogP contribution in [0.3, 0.4) is 0 Å². The third kappa shape index (κ3) is 4.01. The first-order valence-corrected chi connectivity index (χ1v) is 6.84. The van der Waals surface area contributed by atoms with Crippen molar-refractivity contribution >= 4 is 29.9 Å². The molecule has 0 spiro atoms. The Kier molecular flexibility index (Phi) is 6.59. The molecule has 1 fully saturated rings. The second-order valence-electron chi connectivity index (χ2n) is 4.91. The topological polar surface area (TPSA) is 64.3 Å². The number of carbonyl (C=O) groups excluding carboxylic acids is 1. The smallest absolute Gasteiger partial charge is 0.223 e. The van der Waals surface area contributed by atoms with Crippen molar-refractivity contribution in [2.75, 3.05) is 7.11 Å². The van der Waals surface area contributed by atoms with Crippen molar-refractivity contribution in [3.05, 3.63) is 28.8 Å². The van der Waals surface area contributed by atoms with Crippen LogP contribution < -0.4 is 15.8 Å². The van der Waals surface area contributed by atoms with Gasteiger partial charge in [0.15, 0.2) is 0 Å². The van der Waals surface area contributed by atoms with Crippen LogP contribution in [0.1, 0.15) is 24.8 Å². The lowest BCUT2D eigenvalue weighted by molar-refractivity contribution is -0.125. The summed E-state index contributed by atoms with van der Waals surface area (Å²) in [6.07, 6.45) is 2.56. The number of methoxy groups -OCH3 is 1. The maximum Gasteiger partial charge on any atom is 0.223 e. The third-order valence-corrected chi connectivity index (χ3v) is 3.93. The normalized spacial score (nSPS) is 21.1. The molecule has 1 aliphatic carbocycles. The summed E-state index contributed by atoms with van der Waals surface area (Å²) < 4.78 is 5.25. The molecule has 1 amide bonds. The maximum atomic E-state index is 12.0. The first kappa shape index (κ1) is 17.1. The van der Waals surface area contributed by atoms with Crippen molar-refractivity contribution in [2.24, 2.45) is 11.7 Å². The van der Waals surface area contributed by atoms with Crippen molar-refractivity contribution in [3.63, 3.8) is 0 Å². The molecule has 112 valence electrons. The van der Waals surface area contributed by atoms with Crippen LogP contribution in [0, 0.1) is 5.92 Å². The molecule has 0 aromatic heterocycles. The van der Waals surface area contributed by atoms with Crippen LogP contribution in [-0.2, 0) is 11.3 Å². The fraction of sp³-hybridized carbons (Fsp3) is 0.500. The Balaban J connectivity index is 0.00000200. The van der Waals surface area contributed by atoms with Gasteiger partial charge in [0.1, 0.15) is 5.75 Å². The van der Waals surface area contributed by atoms with Crippen molar-refractivity contribution in [1.29, 1.82) is 0 Å². The number of carbonyl (C=O) groups is 1. The molecule has 4 nitrogen and oxygen atoms in total. The molecule has 1 aromatic carbocycles. The molecule has 2 unspecified atom stereocenters. The Morgan fingerprint density at radius 2 is 2.25 bits per heavy atom. The van der Waals surface area contributed by atoms with Crippen LogP contribution in [-0.4, -0.2) is 19.1 Å². The van der Waals surface area contributed by atoms with Gasteiger partial charge in [-0.1, -0.05) is 17.7 Å². The van der Waals surface area contributed by atoms with E-state index in [1.165, 1.54) is 0 Å². The molecule has 1 aromatic rings. The van der Waals surface area contributed by atoms with E-state index in [0.717, 1.165) is 24.8 Å². The Bertz CT molecular complexity index is 468. The van der Waals surface area contributed by atoms with Gasteiger partial charge in [-0.25, -0.2) is 0 Å². The largest absolute Gasteiger partial charge is 0.496 e. The quantitative estimate of drug-likeness (QED) is 0.896. The Labute approximate surface area is 130 Å². The zero-order valence-electron chi connectivity index (χ0n) is 11.4. The van der Waals surface area contributed by atoms with Crippen molar-refractivity contribution in [3.8, 4) is 5.75 Å². The summed E-state index contributed by atoms with van der Waals surface area (Å²) >= 11 is 6.12. The summed E-state index contributed by atoms with van der Waals surface area (Å²) in [7, 11) is 1.59. The standard InChI is InChI=1S/C14H19ClN2O2.ClH/c1-19-13-4-2-3-12(15)11(13)8-17-14(18)9-5-6-10(16)7-9;/h2-4,9-10H,5-8,16H2,1H3,(H,17,18);1H. The first-order chi connectivity index (χ1) is 9.11. The average molecular weight is 319 g/mol. The van der Waals surface area contributed by atoms with E-state index < -0.39 is 0 Å². The van der Waals surface area contributed by atoms with Gasteiger partial charge in [-0.2, -0.15) is 0 Å². The van der Waals surface area contributed by atoms with Gasteiger partial charge in [0.05, 0.1) is 7.11 Å². The van der Waals surface area contributed by atoms with E-state index >= 15 is 0 Å². The molecule has 2 atom stereocenters. The SMILES string of the molecule is COc1cccc(Cl)c1CNC(=O)C1CCC(N)C1.Cl.